The van der Waals surface area contributed by atoms with E-state index in [0.29, 0.717) is 0 Å². The van der Waals surface area contributed by atoms with E-state index in [1.807, 2.05) is 12.1 Å². The molecule has 4 aromatic carbocycles. The maximum absolute atomic E-state index is 5.32. The fraction of sp³-hybridized carbons (Fsp3) is 0. The minimum Gasteiger partial charge on any atom is -0.294 e. The summed E-state index contributed by atoms with van der Waals surface area (Å²) in [6.45, 7) is 0. The van der Waals surface area contributed by atoms with Gasteiger partial charge in [-0.2, -0.15) is 0 Å². The summed E-state index contributed by atoms with van der Waals surface area (Å²) in [6.07, 6.45) is 0. The molecule has 0 spiro atoms. The molecule has 0 fully saturated rings. The summed E-state index contributed by atoms with van der Waals surface area (Å²) >= 11 is 0. The van der Waals surface area contributed by atoms with Gasteiger partial charge in [-0.15, -0.1) is 0 Å². The number of aromatic nitrogens is 4. The largest absolute Gasteiger partial charge is 0.294 e. The van der Waals surface area contributed by atoms with Crippen molar-refractivity contribution in [1.29, 1.82) is 0 Å². The Kier molecular flexibility index (Phi) is 4.49. The minimum absolute atomic E-state index is 0.849. The lowest BCUT2D eigenvalue weighted by Crippen LogP contribution is -2.01. The maximum atomic E-state index is 5.32. The molecule has 0 aliphatic rings. The molecular formula is C34H22N4. The fourth-order valence-electron chi connectivity index (χ4n) is 5.63. The molecular weight excluding hydrogens is 464 g/mol. The van der Waals surface area contributed by atoms with E-state index in [0.717, 1.165) is 55.9 Å². The van der Waals surface area contributed by atoms with Gasteiger partial charge in [0.2, 0.25) is 0 Å². The monoisotopic (exact) mass is 486 g/mol. The third-order valence-corrected chi connectivity index (χ3v) is 7.34. The first kappa shape index (κ1) is 20.9. The molecule has 0 N–H and O–H groups in total. The summed E-state index contributed by atoms with van der Waals surface area (Å²) < 4.78 is 4.45. The van der Waals surface area contributed by atoms with E-state index in [9.17, 15) is 0 Å². The van der Waals surface area contributed by atoms with Crippen molar-refractivity contribution < 1.29 is 0 Å². The van der Waals surface area contributed by atoms with E-state index < -0.39 is 0 Å². The molecule has 178 valence electrons. The van der Waals surface area contributed by atoms with Crippen LogP contribution in [0.4, 0.5) is 0 Å². The highest BCUT2D eigenvalue weighted by Crippen LogP contribution is 2.35. The van der Waals surface area contributed by atoms with Gasteiger partial charge in [0.15, 0.2) is 0 Å². The van der Waals surface area contributed by atoms with Crippen LogP contribution in [0.3, 0.4) is 0 Å². The number of hydrogen-bond acceptors (Lipinski definition) is 2. The van der Waals surface area contributed by atoms with Crippen molar-refractivity contribution in [1.82, 2.24) is 19.1 Å². The number of pyridine rings is 2. The number of benzene rings is 4. The second-order valence-corrected chi connectivity index (χ2v) is 9.51. The Morgan fingerprint density at radius 1 is 0.395 bits per heavy atom. The van der Waals surface area contributed by atoms with Crippen LogP contribution in [0, 0.1) is 0 Å². The quantitative estimate of drug-likeness (QED) is 0.252. The zero-order valence-electron chi connectivity index (χ0n) is 20.5. The Bertz CT molecular complexity index is 2120. The zero-order valence-corrected chi connectivity index (χ0v) is 20.5. The molecule has 4 aromatic heterocycles. The second-order valence-electron chi connectivity index (χ2n) is 9.51. The smallest absolute Gasteiger partial charge is 0.148 e. The number of nitrogens with zero attached hydrogens (tertiary/aromatic N) is 4. The number of hydrogen-bond donors (Lipinski definition) is 0. The van der Waals surface area contributed by atoms with E-state index in [1.54, 1.807) is 0 Å². The number of rotatable bonds is 3. The lowest BCUT2D eigenvalue weighted by molar-refractivity contribution is 1.05. The Labute approximate surface area is 219 Å². The minimum atomic E-state index is 0.849. The number of para-hydroxylation sites is 3. The van der Waals surface area contributed by atoms with Crippen LogP contribution in [-0.4, -0.2) is 19.1 Å². The van der Waals surface area contributed by atoms with Gasteiger partial charge in [-0.05, 0) is 48.5 Å². The highest BCUT2D eigenvalue weighted by molar-refractivity contribution is 6.10. The van der Waals surface area contributed by atoms with Crippen LogP contribution in [0.25, 0.3) is 66.6 Å². The molecule has 0 saturated carbocycles. The molecule has 4 heterocycles. The summed E-state index contributed by atoms with van der Waals surface area (Å²) in [7, 11) is 0. The Morgan fingerprint density at radius 2 is 0.947 bits per heavy atom. The zero-order chi connectivity index (χ0) is 25.1. The molecule has 0 saturated heterocycles. The summed E-state index contributed by atoms with van der Waals surface area (Å²) in [4.78, 5) is 10.5. The Hall–Kier alpha value is -5.22. The van der Waals surface area contributed by atoms with Crippen LogP contribution in [0.2, 0.25) is 0 Å². The molecule has 4 heteroatoms. The van der Waals surface area contributed by atoms with E-state index >= 15 is 0 Å². The van der Waals surface area contributed by atoms with Crippen molar-refractivity contribution in [3.05, 3.63) is 133 Å². The van der Waals surface area contributed by atoms with Gasteiger partial charge in [-0.25, -0.2) is 9.97 Å². The van der Waals surface area contributed by atoms with Gasteiger partial charge in [-0.1, -0.05) is 84.9 Å². The molecule has 0 bridgehead atoms. The molecule has 0 unspecified atom stereocenters. The second kappa shape index (κ2) is 8.15. The Morgan fingerprint density at radius 3 is 1.66 bits per heavy atom. The van der Waals surface area contributed by atoms with Crippen LogP contribution in [0.15, 0.2) is 133 Å². The van der Waals surface area contributed by atoms with Crippen molar-refractivity contribution in [3.8, 4) is 22.8 Å². The van der Waals surface area contributed by atoms with Crippen molar-refractivity contribution in [2.45, 2.75) is 0 Å². The first-order chi connectivity index (χ1) is 18.9. The van der Waals surface area contributed by atoms with Gasteiger partial charge < -0.3 is 0 Å². The van der Waals surface area contributed by atoms with Gasteiger partial charge in [0, 0.05) is 32.8 Å². The van der Waals surface area contributed by atoms with E-state index in [-0.39, 0.29) is 0 Å². The molecule has 0 amide bonds. The van der Waals surface area contributed by atoms with Gasteiger partial charge in [0.1, 0.15) is 17.1 Å². The SMILES string of the molecule is c1ccc(-c2ccc3c4ccccc4n(-c4ccc5c6ccccc6n(-c6ccccc6)c5n4)c3n2)cc1. The first-order valence-electron chi connectivity index (χ1n) is 12.8. The van der Waals surface area contributed by atoms with Crippen molar-refractivity contribution >= 4 is 43.9 Å². The van der Waals surface area contributed by atoms with E-state index in [2.05, 4.69) is 130 Å². The molecule has 0 aliphatic carbocycles. The fourth-order valence-corrected chi connectivity index (χ4v) is 5.63. The summed E-state index contributed by atoms with van der Waals surface area (Å²) in [5, 5.41) is 4.61. The predicted octanol–water partition coefficient (Wildman–Crippen LogP) is 8.34. The van der Waals surface area contributed by atoms with Gasteiger partial charge in [-0.3, -0.25) is 9.13 Å². The summed E-state index contributed by atoms with van der Waals surface area (Å²) in [5.41, 5.74) is 7.21. The summed E-state index contributed by atoms with van der Waals surface area (Å²) in [6, 6.07) is 46.4. The topological polar surface area (TPSA) is 35.6 Å². The van der Waals surface area contributed by atoms with Crippen LogP contribution in [0.1, 0.15) is 0 Å². The first-order valence-corrected chi connectivity index (χ1v) is 12.8. The average Bonchev–Trinajstić information content (AvgIpc) is 3.50. The van der Waals surface area contributed by atoms with E-state index in [1.165, 1.54) is 10.8 Å². The Balaban J connectivity index is 1.46. The normalized spacial score (nSPS) is 11.7. The van der Waals surface area contributed by atoms with Gasteiger partial charge in [0.05, 0.1) is 16.7 Å². The van der Waals surface area contributed by atoms with Crippen molar-refractivity contribution in [2.75, 3.05) is 0 Å². The highest BCUT2D eigenvalue weighted by Gasteiger charge is 2.18. The molecule has 4 nitrogen and oxygen atoms in total. The molecule has 0 radical (unpaired) electrons. The highest BCUT2D eigenvalue weighted by atomic mass is 15.1. The lowest BCUT2D eigenvalue weighted by Gasteiger charge is -2.10. The van der Waals surface area contributed by atoms with E-state index in [4.69, 9.17) is 9.97 Å². The molecule has 0 aliphatic heterocycles. The van der Waals surface area contributed by atoms with Crippen LogP contribution in [0.5, 0.6) is 0 Å². The third kappa shape index (κ3) is 3.04. The van der Waals surface area contributed by atoms with Crippen molar-refractivity contribution in [2.24, 2.45) is 0 Å². The van der Waals surface area contributed by atoms with Crippen molar-refractivity contribution in [3.63, 3.8) is 0 Å². The van der Waals surface area contributed by atoms with Crippen LogP contribution >= 0.6 is 0 Å². The molecule has 8 rings (SSSR count). The predicted molar refractivity (Wildman–Crippen MR) is 156 cm³/mol. The van der Waals surface area contributed by atoms with Crippen LogP contribution in [-0.2, 0) is 0 Å². The molecule has 8 aromatic rings. The average molecular weight is 487 g/mol. The standard InChI is InChI=1S/C34H22N4/c1-3-11-23(12-4-1)29-21-19-27-26-16-8-10-18-31(26)38(33(27)35-29)32-22-20-28-25-15-7-9-17-30(25)37(34(28)36-32)24-13-5-2-6-14-24/h1-22H. The maximum Gasteiger partial charge on any atom is 0.148 e. The van der Waals surface area contributed by atoms with Gasteiger partial charge >= 0.3 is 0 Å². The third-order valence-electron chi connectivity index (χ3n) is 7.34. The van der Waals surface area contributed by atoms with Crippen LogP contribution < -0.4 is 0 Å². The summed E-state index contributed by atoms with van der Waals surface area (Å²) in [5.74, 6) is 0.849. The molecule has 38 heavy (non-hydrogen) atoms. The molecule has 0 atom stereocenters. The van der Waals surface area contributed by atoms with Gasteiger partial charge in [0.25, 0.3) is 0 Å². The lowest BCUT2D eigenvalue weighted by atomic mass is 10.1. The number of fused-ring (bicyclic) bond motifs is 6.